The predicted molar refractivity (Wildman–Crippen MR) is 123 cm³/mol. The zero-order valence-electron chi connectivity index (χ0n) is 17.8. The molecule has 1 atom stereocenters. The lowest BCUT2D eigenvalue weighted by Gasteiger charge is -2.31. The number of nitrogens with zero attached hydrogens (tertiary/aromatic N) is 3. The molecule has 8 nitrogen and oxygen atoms in total. The molecular weight excluding hydrogens is 426 g/mol. The Morgan fingerprint density at radius 3 is 2.84 bits per heavy atom. The van der Waals surface area contributed by atoms with Gasteiger partial charge in [0.05, 0.1) is 13.0 Å². The molecule has 1 unspecified atom stereocenters. The summed E-state index contributed by atoms with van der Waals surface area (Å²) in [6.07, 6.45) is 4.99. The quantitative estimate of drug-likeness (QED) is 0.571. The zero-order valence-corrected chi connectivity index (χ0v) is 18.6. The predicted octanol–water partition coefficient (Wildman–Crippen LogP) is 3.46. The van der Waals surface area contributed by atoms with Crippen molar-refractivity contribution in [2.24, 2.45) is 5.92 Å². The van der Waals surface area contributed by atoms with Crippen LogP contribution in [0, 0.1) is 5.92 Å². The van der Waals surface area contributed by atoms with Crippen LogP contribution in [0.15, 0.2) is 54.2 Å². The van der Waals surface area contributed by atoms with Gasteiger partial charge in [0.25, 0.3) is 5.91 Å². The first-order chi connectivity index (χ1) is 15.6. The molecule has 0 aliphatic carbocycles. The molecule has 1 fully saturated rings. The summed E-state index contributed by atoms with van der Waals surface area (Å²) in [5.41, 5.74) is 2.20. The van der Waals surface area contributed by atoms with Gasteiger partial charge in [-0.1, -0.05) is 6.07 Å². The van der Waals surface area contributed by atoms with Gasteiger partial charge in [-0.25, -0.2) is 4.98 Å². The van der Waals surface area contributed by atoms with E-state index in [1.54, 1.807) is 29.8 Å². The lowest BCUT2D eigenvalue weighted by atomic mass is 9.97. The Hall–Kier alpha value is -3.46. The van der Waals surface area contributed by atoms with Crippen molar-refractivity contribution in [3.8, 4) is 5.75 Å². The van der Waals surface area contributed by atoms with E-state index < -0.39 is 0 Å². The number of hydrogen-bond acceptors (Lipinski definition) is 7. The van der Waals surface area contributed by atoms with Crippen molar-refractivity contribution >= 4 is 34.0 Å². The van der Waals surface area contributed by atoms with E-state index >= 15 is 0 Å². The van der Waals surface area contributed by atoms with Gasteiger partial charge in [0.2, 0.25) is 5.91 Å². The topological polar surface area (TPSA) is 96.5 Å². The van der Waals surface area contributed by atoms with E-state index in [1.165, 1.54) is 11.3 Å². The van der Waals surface area contributed by atoms with Gasteiger partial charge in [-0.05, 0) is 48.7 Å². The summed E-state index contributed by atoms with van der Waals surface area (Å²) in [6.45, 7) is 1.46. The van der Waals surface area contributed by atoms with Crippen molar-refractivity contribution in [3.63, 3.8) is 0 Å². The van der Waals surface area contributed by atoms with Crippen molar-refractivity contribution < 1.29 is 14.3 Å². The van der Waals surface area contributed by atoms with Crippen molar-refractivity contribution in [2.45, 2.75) is 19.4 Å². The molecule has 1 aromatic carbocycles. The number of anilines is 2. The smallest absolute Gasteiger partial charge is 0.273 e. The summed E-state index contributed by atoms with van der Waals surface area (Å²) in [5, 5.41) is 8.55. The molecule has 0 spiro atoms. The second-order valence-electron chi connectivity index (χ2n) is 7.56. The van der Waals surface area contributed by atoms with Gasteiger partial charge >= 0.3 is 0 Å². The Labute approximate surface area is 190 Å². The van der Waals surface area contributed by atoms with E-state index in [0.717, 1.165) is 29.8 Å². The molecule has 0 radical (unpaired) electrons. The van der Waals surface area contributed by atoms with Crippen LogP contribution < -0.4 is 15.4 Å². The molecule has 1 saturated heterocycles. The Bertz CT molecular complexity index is 1060. The SMILES string of the molecule is COc1ccc(Nc2nc(C(=O)N3CCCC(C(=O)NCc4cccnc4)C3)cs2)cc1. The molecular formula is C23H25N5O3S. The van der Waals surface area contributed by atoms with E-state index in [0.29, 0.717) is 30.5 Å². The fourth-order valence-corrected chi connectivity index (χ4v) is 4.31. The van der Waals surface area contributed by atoms with Gasteiger partial charge in [0, 0.05) is 43.1 Å². The normalized spacial score (nSPS) is 15.8. The number of nitrogens with one attached hydrogen (secondary N) is 2. The van der Waals surface area contributed by atoms with Crippen LogP contribution in [-0.2, 0) is 11.3 Å². The van der Waals surface area contributed by atoms with Crippen LogP contribution in [0.2, 0.25) is 0 Å². The van der Waals surface area contributed by atoms with Gasteiger partial charge in [-0.3, -0.25) is 14.6 Å². The number of amides is 2. The summed E-state index contributed by atoms with van der Waals surface area (Å²) in [4.78, 5) is 35.8. The number of thiazole rings is 1. The summed E-state index contributed by atoms with van der Waals surface area (Å²) in [5.74, 6) is 0.370. The average Bonchev–Trinajstić information content (AvgIpc) is 3.31. The van der Waals surface area contributed by atoms with E-state index in [9.17, 15) is 9.59 Å². The second kappa shape index (κ2) is 10.2. The molecule has 4 rings (SSSR count). The monoisotopic (exact) mass is 451 g/mol. The molecule has 3 aromatic rings. The second-order valence-corrected chi connectivity index (χ2v) is 8.42. The standard InChI is InChI=1S/C23H25N5O3S/c1-31-19-8-6-18(7-9-19)26-23-27-20(15-32-23)22(30)28-11-3-5-17(14-28)21(29)25-13-16-4-2-10-24-12-16/h2,4,6-10,12,15,17H,3,5,11,13-14H2,1H3,(H,25,29)(H,26,27). The number of likely N-dealkylation sites (tertiary alicyclic amines) is 1. The van der Waals surface area contributed by atoms with Gasteiger partial charge in [0.15, 0.2) is 5.13 Å². The average molecular weight is 452 g/mol. The lowest BCUT2D eigenvalue weighted by molar-refractivity contribution is -0.126. The van der Waals surface area contributed by atoms with E-state index in [-0.39, 0.29) is 17.7 Å². The maximum atomic E-state index is 13.0. The number of hydrogen-bond donors (Lipinski definition) is 2. The Morgan fingerprint density at radius 2 is 2.09 bits per heavy atom. The van der Waals surface area contributed by atoms with Gasteiger partial charge in [-0.2, -0.15) is 0 Å². The first-order valence-electron chi connectivity index (χ1n) is 10.4. The molecule has 2 aromatic heterocycles. The summed E-state index contributed by atoms with van der Waals surface area (Å²) in [6, 6.07) is 11.3. The highest BCUT2D eigenvalue weighted by Crippen LogP contribution is 2.25. The molecule has 2 amide bonds. The van der Waals surface area contributed by atoms with Gasteiger partial charge in [0.1, 0.15) is 11.4 Å². The van der Waals surface area contributed by atoms with Crippen LogP contribution in [0.5, 0.6) is 5.75 Å². The number of aromatic nitrogens is 2. The molecule has 1 aliphatic heterocycles. The maximum Gasteiger partial charge on any atom is 0.273 e. The van der Waals surface area contributed by atoms with Crippen LogP contribution in [-0.4, -0.2) is 46.9 Å². The molecule has 1 aliphatic rings. The highest BCUT2D eigenvalue weighted by Gasteiger charge is 2.29. The Morgan fingerprint density at radius 1 is 1.25 bits per heavy atom. The van der Waals surface area contributed by atoms with Crippen molar-refractivity contribution in [1.29, 1.82) is 0 Å². The number of piperidine rings is 1. The number of pyridine rings is 1. The number of rotatable bonds is 7. The third-order valence-corrected chi connectivity index (χ3v) is 6.09. The molecule has 0 saturated carbocycles. The molecule has 32 heavy (non-hydrogen) atoms. The summed E-state index contributed by atoms with van der Waals surface area (Å²) < 4.78 is 5.16. The third-order valence-electron chi connectivity index (χ3n) is 5.33. The number of methoxy groups -OCH3 is 1. The molecule has 0 bridgehead atoms. The minimum absolute atomic E-state index is 0.0357. The van der Waals surface area contributed by atoms with Crippen molar-refractivity contribution in [2.75, 3.05) is 25.5 Å². The lowest BCUT2D eigenvalue weighted by Crippen LogP contribution is -2.45. The molecule has 9 heteroatoms. The fourth-order valence-electron chi connectivity index (χ4n) is 3.60. The Balaban J connectivity index is 1.33. The molecule has 3 heterocycles. The Kier molecular flexibility index (Phi) is 6.96. The highest BCUT2D eigenvalue weighted by atomic mass is 32.1. The van der Waals surface area contributed by atoms with Gasteiger partial charge in [-0.15, -0.1) is 11.3 Å². The summed E-state index contributed by atoms with van der Waals surface area (Å²) in [7, 11) is 1.62. The summed E-state index contributed by atoms with van der Waals surface area (Å²) >= 11 is 1.37. The van der Waals surface area contributed by atoms with Crippen LogP contribution >= 0.6 is 11.3 Å². The van der Waals surface area contributed by atoms with E-state index in [1.807, 2.05) is 36.4 Å². The first-order valence-corrected chi connectivity index (χ1v) is 11.3. The number of ether oxygens (including phenoxy) is 1. The number of benzene rings is 1. The minimum Gasteiger partial charge on any atom is -0.497 e. The van der Waals surface area contributed by atoms with E-state index in [2.05, 4.69) is 20.6 Å². The van der Waals surface area contributed by atoms with Crippen LogP contribution in [0.1, 0.15) is 28.9 Å². The van der Waals surface area contributed by atoms with Crippen LogP contribution in [0.4, 0.5) is 10.8 Å². The van der Waals surface area contributed by atoms with Gasteiger partial charge < -0.3 is 20.3 Å². The fraction of sp³-hybridized carbons (Fsp3) is 0.304. The zero-order chi connectivity index (χ0) is 22.3. The van der Waals surface area contributed by atoms with Crippen molar-refractivity contribution in [1.82, 2.24) is 20.2 Å². The molecule has 166 valence electrons. The third kappa shape index (κ3) is 5.42. The van der Waals surface area contributed by atoms with Crippen LogP contribution in [0.25, 0.3) is 0 Å². The largest absolute Gasteiger partial charge is 0.497 e. The number of carbonyl (C=O) groups excluding carboxylic acids is 2. The van der Waals surface area contributed by atoms with Crippen LogP contribution in [0.3, 0.4) is 0 Å². The van der Waals surface area contributed by atoms with Crippen molar-refractivity contribution in [3.05, 3.63) is 65.4 Å². The number of carbonyl (C=O) groups is 2. The minimum atomic E-state index is -0.222. The maximum absolute atomic E-state index is 13.0. The highest BCUT2D eigenvalue weighted by molar-refractivity contribution is 7.14. The molecule has 2 N–H and O–H groups in total. The first kappa shape index (κ1) is 21.8. The van der Waals surface area contributed by atoms with E-state index in [4.69, 9.17) is 4.74 Å².